The van der Waals surface area contributed by atoms with Gasteiger partial charge in [0, 0.05) is 0 Å². The number of hydrogen-bond donors (Lipinski definition) is 2. The van der Waals surface area contributed by atoms with Crippen LogP contribution in [-0.4, -0.2) is 22.2 Å². The summed E-state index contributed by atoms with van der Waals surface area (Å²) >= 11 is 0. The molecule has 0 aliphatic carbocycles. The van der Waals surface area contributed by atoms with Crippen LogP contribution in [0.4, 0.5) is 0 Å². The van der Waals surface area contributed by atoms with Crippen LogP contribution in [0.2, 0.25) is 0 Å². The smallest absolute Gasteiger partial charge is 0.335 e. The highest BCUT2D eigenvalue weighted by Gasteiger charge is 2.12. The van der Waals surface area contributed by atoms with Gasteiger partial charge in [0.25, 0.3) is 0 Å². The van der Waals surface area contributed by atoms with E-state index < -0.39 is 11.9 Å². The maximum atomic E-state index is 11.2. The topological polar surface area (TPSA) is 74.6 Å². The van der Waals surface area contributed by atoms with Crippen LogP contribution in [0.25, 0.3) is 0 Å². The van der Waals surface area contributed by atoms with Gasteiger partial charge in [0.2, 0.25) is 0 Å². The van der Waals surface area contributed by atoms with Gasteiger partial charge in [-0.1, -0.05) is 62.4 Å². The summed E-state index contributed by atoms with van der Waals surface area (Å²) in [6, 6.07) is 22.7. The third-order valence-corrected chi connectivity index (χ3v) is 5.53. The second-order valence-electron chi connectivity index (χ2n) is 7.88. The molecule has 2 atom stereocenters. The van der Waals surface area contributed by atoms with Gasteiger partial charge in [-0.3, -0.25) is 0 Å². The quantitative estimate of drug-likeness (QED) is 0.501. The van der Waals surface area contributed by atoms with Gasteiger partial charge in [-0.25, -0.2) is 9.59 Å². The predicted molar refractivity (Wildman–Crippen MR) is 117 cm³/mol. The molecule has 0 aromatic heterocycles. The minimum atomic E-state index is -0.908. The van der Waals surface area contributed by atoms with Crippen LogP contribution in [-0.2, 0) is 12.8 Å². The van der Waals surface area contributed by atoms with E-state index in [2.05, 4.69) is 38.1 Å². The van der Waals surface area contributed by atoms with E-state index in [1.54, 1.807) is 30.3 Å². The third-order valence-electron chi connectivity index (χ3n) is 5.53. The predicted octanol–water partition coefficient (Wildman–Crippen LogP) is 5.78. The van der Waals surface area contributed by atoms with Gasteiger partial charge in [-0.2, -0.15) is 0 Å². The van der Waals surface area contributed by atoms with Crippen LogP contribution in [0.5, 0.6) is 0 Å². The average Bonchev–Trinajstić information content (AvgIpc) is 2.74. The van der Waals surface area contributed by atoms with Gasteiger partial charge < -0.3 is 10.2 Å². The fourth-order valence-electron chi connectivity index (χ4n) is 3.71. The summed E-state index contributed by atoms with van der Waals surface area (Å²) in [7, 11) is 0. The molecule has 0 radical (unpaired) electrons. The molecule has 3 aromatic carbocycles. The van der Waals surface area contributed by atoms with Crippen LogP contribution in [0.3, 0.4) is 0 Å². The number of carbonyl (C=O) groups is 2. The molecule has 2 unspecified atom stereocenters. The molecule has 30 heavy (non-hydrogen) atoms. The minimum absolute atomic E-state index is 0.280. The lowest BCUT2D eigenvalue weighted by Crippen LogP contribution is -2.03. The van der Waals surface area contributed by atoms with Crippen LogP contribution in [0.15, 0.2) is 72.8 Å². The molecule has 4 heteroatoms. The Bertz CT molecular complexity index is 1020. The van der Waals surface area contributed by atoms with Crippen LogP contribution < -0.4 is 0 Å². The Kier molecular flexibility index (Phi) is 6.68. The fourth-order valence-corrected chi connectivity index (χ4v) is 3.71. The lowest BCUT2D eigenvalue weighted by Gasteiger charge is -2.16. The van der Waals surface area contributed by atoms with Crippen molar-refractivity contribution in [3.63, 3.8) is 0 Å². The summed E-state index contributed by atoms with van der Waals surface area (Å²) in [6.07, 6.45) is 1.63. The van der Waals surface area contributed by atoms with Crippen molar-refractivity contribution in [2.24, 2.45) is 0 Å². The standard InChI is InChI=1S/C26H26O4/c1-17(14-19-6-8-23(9-7-19)25(27)28)21-10-12-22(13-11-21)18(2)15-20-4-3-5-24(16-20)26(29)30/h3-13,16-18H,14-15H2,1-2H3,(H,27,28)(H,29,30). The Labute approximate surface area is 176 Å². The van der Waals surface area contributed by atoms with Gasteiger partial charge in [-0.15, -0.1) is 0 Å². The lowest BCUT2D eigenvalue weighted by atomic mass is 9.89. The second kappa shape index (κ2) is 9.40. The van der Waals surface area contributed by atoms with Crippen molar-refractivity contribution in [2.45, 2.75) is 38.5 Å². The van der Waals surface area contributed by atoms with Crippen LogP contribution >= 0.6 is 0 Å². The van der Waals surface area contributed by atoms with Gasteiger partial charge in [0.15, 0.2) is 0 Å². The first-order valence-corrected chi connectivity index (χ1v) is 10.1. The van der Waals surface area contributed by atoms with E-state index in [9.17, 15) is 9.59 Å². The zero-order chi connectivity index (χ0) is 21.7. The number of carboxylic acid groups (broad SMARTS) is 2. The highest BCUT2D eigenvalue weighted by molar-refractivity contribution is 5.88. The SMILES string of the molecule is CC(Cc1ccc(C(=O)O)cc1)c1ccc(C(C)Cc2cccc(C(=O)O)c2)cc1. The van der Waals surface area contributed by atoms with Crippen molar-refractivity contribution in [3.05, 3.63) is 106 Å². The highest BCUT2D eigenvalue weighted by Crippen LogP contribution is 2.25. The van der Waals surface area contributed by atoms with E-state index in [1.807, 2.05) is 18.2 Å². The van der Waals surface area contributed by atoms with Crippen molar-refractivity contribution in [1.29, 1.82) is 0 Å². The Morgan fingerprint density at radius 3 is 1.67 bits per heavy atom. The van der Waals surface area contributed by atoms with E-state index in [-0.39, 0.29) is 5.92 Å². The monoisotopic (exact) mass is 402 g/mol. The summed E-state index contributed by atoms with van der Waals surface area (Å²) < 4.78 is 0. The van der Waals surface area contributed by atoms with Crippen LogP contribution in [0, 0.1) is 0 Å². The van der Waals surface area contributed by atoms with Gasteiger partial charge >= 0.3 is 11.9 Å². The molecule has 0 aliphatic rings. The van der Waals surface area contributed by atoms with Crippen molar-refractivity contribution in [2.75, 3.05) is 0 Å². The first kappa shape index (κ1) is 21.3. The third kappa shape index (κ3) is 5.35. The summed E-state index contributed by atoms with van der Waals surface area (Å²) in [5.41, 5.74) is 5.21. The summed E-state index contributed by atoms with van der Waals surface area (Å²) in [5.74, 6) is -1.21. The molecule has 0 fully saturated rings. The normalized spacial score (nSPS) is 12.9. The molecule has 0 amide bonds. The molecule has 0 spiro atoms. The van der Waals surface area contributed by atoms with E-state index in [1.165, 1.54) is 11.1 Å². The van der Waals surface area contributed by atoms with Crippen LogP contribution in [0.1, 0.15) is 68.7 Å². The number of rotatable bonds is 8. The Morgan fingerprint density at radius 2 is 1.17 bits per heavy atom. The molecule has 3 rings (SSSR count). The van der Waals surface area contributed by atoms with Crippen molar-refractivity contribution < 1.29 is 19.8 Å². The number of hydrogen-bond acceptors (Lipinski definition) is 2. The van der Waals surface area contributed by atoms with Crippen molar-refractivity contribution in [1.82, 2.24) is 0 Å². The molecule has 0 heterocycles. The fraction of sp³-hybridized carbons (Fsp3) is 0.231. The van der Waals surface area contributed by atoms with Gasteiger partial charge in [0.1, 0.15) is 0 Å². The van der Waals surface area contributed by atoms with Gasteiger partial charge in [0.05, 0.1) is 11.1 Å². The van der Waals surface area contributed by atoms with E-state index >= 15 is 0 Å². The van der Waals surface area contributed by atoms with Crippen molar-refractivity contribution >= 4 is 11.9 Å². The molecule has 3 aromatic rings. The Morgan fingerprint density at radius 1 is 0.667 bits per heavy atom. The molecule has 154 valence electrons. The summed E-state index contributed by atoms with van der Waals surface area (Å²) in [5, 5.41) is 18.2. The zero-order valence-corrected chi connectivity index (χ0v) is 17.2. The molecule has 0 saturated heterocycles. The maximum absolute atomic E-state index is 11.2. The molecule has 0 saturated carbocycles. The number of carboxylic acids is 2. The average molecular weight is 402 g/mol. The maximum Gasteiger partial charge on any atom is 0.335 e. The Hall–Kier alpha value is -3.40. The number of aromatic carboxylic acids is 2. The second-order valence-corrected chi connectivity index (χ2v) is 7.88. The van der Waals surface area contributed by atoms with Crippen molar-refractivity contribution in [3.8, 4) is 0 Å². The molecular weight excluding hydrogens is 376 g/mol. The van der Waals surface area contributed by atoms with E-state index in [4.69, 9.17) is 10.2 Å². The molecular formula is C26H26O4. The molecule has 0 aliphatic heterocycles. The lowest BCUT2D eigenvalue weighted by molar-refractivity contribution is 0.0686. The number of benzene rings is 3. The van der Waals surface area contributed by atoms with E-state index in [0.717, 1.165) is 24.0 Å². The highest BCUT2D eigenvalue weighted by atomic mass is 16.4. The zero-order valence-electron chi connectivity index (χ0n) is 17.2. The summed E-state index contributed by atoms with van der Waals surface area (Å²) in [6.45, 7) is 4.32. The summed E-state index contributed by atoms with van der Waals surface area (Å²) in [4.78, 5) is 22.1. The Balaban J connectivity index is 1.64. The largest absolute Gasteiger partial charge is 0.478 e. The van der Waals surface area contributed by atoms with E-state index in [0.29, 0.717) is 17.0 Å². The molecule has 0 bridgehead atoms. The first-order chi connectivity index (χ1) is 14.3. The van der Waals surface area contributed by atoms with Gasteiger partial charge in [-0.05, 0) is 71.2 Å². The molecule has 4 nitrogen and oxygen atoms in total. The minimum Gasteiger partial charge on any atom is -0.478 e. The molecule has 2 N–H and O–H groups in total. The first-order valence-electron chi connectivity index (χ1n) is 10.1.